The fourth-order valence-corrected chi connectivity index (χ4v) is 3.10. The van der Waals surface area contributed by atoms with Crippen molar-refractivity contribution in [1.29, 1.82) is 0 Å². The lowest BCUT2D eigenvalue weighted by atomic mass is 10.1. The number of rotatable bonds is 8. The Morgan fingerprint density at radius 1 is 1.31 bits per heavy atom. The van der Waals surface area contributed by atoms with Gasteiger partial charge in [0.2, 0.25) is 17.6 Å². The Kier molecular flexibility index (Phi) is 5.96. The van der Waals surface area contributed by atoms with Gasteiger partial charge >= 0.3 is 0 Å². The fraction of sp³-hybridized carbons (Fsp3) is 0.333. The number of anilines is 1. The summed E-state index contributed by atoms with van der Waals surface area (Å²) < 4.78 is 5.24. The van der Waals surface area contributed by atoms with E-state index in [1.807, 2.05) is 36.6 Å². The van der Waals surface area contributed by atoms with E-state index in [9.17, 15) is 4.79 Å². The molecule has 3 aromatic rings. The number of benzene rings is 1. The molecule has 0 aliphatic heterocycles. The molecule has 3 rings (SSSR count). The van der Waals surface area contributed by atoms with Crippen molar-refractivity contribution in [2.75, 3.05) is 12.3 Å². The predicted molar refractivity (Wildman–Crippen MR) is 101 cm³/mol. The molecule has 0 atom stereocenters. The van der Waals surface area contributed by atoms with Gasteiger partial charge in [0.1, 0.15) is 0 Å². The number of thiazole rings is 1. The summed E-state index contributed by atoms with van der Waals surface area (Å²) in [5.74, 6) is 0.986. The number of hydrogen-bond acceptors (Lipinski definition) is 7. The second kappa shape index (κ2) is 8.57. The third-order valence-electron chi connectivity index (χ3n) is 3.81. The van der Waals surface area contributed by atoms with E-state index in [1.54, 1.807) is 0 Å². The molecular formula is C18H21N5O2S. The van der Waals surface area contributed by atoms with Crippen LogP contribution in [0.25, 0.3) is 11.4 Å². The summed E-state index contributed by atoms with van der Waals surface area (Å²) in [4.78, 5) is 20.5. The average molecular weight is 371 g/mol. The van der Waals surface area contributed by atoms with Gasteiger partial charge in [-0.3, -0.25) is 4.79 Å². The first-order valence-corrected chi connectivity index (χ1v) is 9.34. The normalized spacial score (nSPS) is 10.8. The van der Waals surface area contributed by atoms with Crippen LogP contribution < -0.4 is 11.1 Å². The van der Waals surface area contributed by atoms with Crippen molar-refractivity contribution in [1.82, 2.24) is 20.4 Å². The van der Waals surface area contributed by atoms with Crippen LogP contribution >= 0.6 is 11.3 Å². The minimum absolute atomic E-state index is 0.0295. The van der Waals surface area contributed by atoms with Gasteiger partial charge in [0, 0.05) is 30.3 Å². The highest BCUT2D eigenvalue weighted by Gasteiger charge is 2.10. The van der Waals surface area contributed by atoms with Crippen LogP contribution in [0.4, 0.5) is 5.13 Å². The maximum Gasteiger partial charge on any atom is 0.227 e. The number of nitrogen functional groups attached to an aromatic ring is 1. The lowest BCUT2D eigenvalue weighted by Gasteiger charge is -2.03. The summed E-state index contributed by atoms with van der Waals surface area (Å²) >= 11 is 1.43. The number of carbonyl (C=O) groups excluding carboxylic acids is 1. The molecule has 0 fully saturated rings. The van der Waals surface area contributed by atoms with Crippen molar-refractivity contribution in [2.45, 2.75) is 32.6 Å². The highest BCUT2D eigenvalue weighted by Crippen LogP contribution is 2.17. The van der Waals surface area contributed by atoms with Crippen molar-refractivity contribution >= 4 is 22.4 Å². The lowest BCUT2D eigenvalue weighted by Crippen LogP contribution is -2.25. The van der Waals surface area contributed by atoms with E-state index in [2.05, 4.69) is 20.4 Å². The Balaban J connectivity index is 1.39. The summed E-state index contributed by atoms with van der Waals surface area (Å²) in [6.45, 7) is 2.62. The molecular weight excluding hydrogens is 350 g/mol. The third kappa shape index (κ3) is 5.13. The predicted octanol–water partition coefficient (Wildman–Crippen LogP) is 2.77. The van der Waals surface area contributed by atoms with E-state index < -0.39 is 0 Å². The van der Waals surface area contributed by atoms with Gasteiger partial charge in [-0.15, -0.1) is 11.3 Å². The Hall–Kier alpha value is -2.74. The minimum atomic E-state index is -0.0295. The molecule has 0 aliphatic rings. The molecule has 0 aliphatic carbocycles. The number of nitrogens with two attached hydrogens (primary N) is 1. The zero-order chi connectivity index (χ0) is 18.4. The quantitative estimate of drug-likeness (QED) is 0.590. The standard InChI is InChI=1S/C18H21N5O2S/c1-12-4-2-5-13(10-12)17-22-16(25-23-17)8-7-15(24)20-9-3-6-14-11-26-18(19)21-14/h2,4-5,10-11H,3,6-9H2,1H3,(H2,19,21)(H,20,24). The van der Waals surface area contributed by atoms with Crippen molar-refractivity contribution in [3.8, 4) is 11.4 Å². The second-order valence-corrected chi connectivity index (χ2v) is 6.90. The van der Waals surface area contributed by atoms with Crippen LogP contribution in [0, 0.1) is 6.92 Å². The number of nitrogens with zero attached hydrogens (tertiary/aromatic N) is 3. The van der Waals surface area contributed by atoms with Gasteiger partial charge in [-0.1, -0.05) is 28.9 Å². The number of nitrogens with one attached hydrogen (secondary N) is 1. The molecule has 0 radical (unpaired) electrons. The highest BCUT2D eigenvalue weighted by molar-refractivity contribution is 7.13. The second-order valence-electron chi connectivity index (χ2n) is 6.01. The molecule has 0 saturated heterocycles. The number of amides is 1. The van der Waals surface area contributed by atoms with Crippen molar-refractivity contribution in [3.05, 3.63) is 46.8 Å². The first-order valence-electron chi connectivity index (χ1n) is 8.46. The number of hydrogen-bond donors (Lipinski definition) is 2. The Morgan fingerprint density at radius 3 is 2.96 bits per heavy atom. The maximum absolute atomic E-state index is 11.9. The van der Waals surface area contributed by atoms with Crippen LogP contribution in [-0.4, -0.2) is 27.6 Å². The monoisotopic (exact) mass is 371 g/mol. The SMILES string of the molecule is Cc1cccc(-c2noc(CCC(=O)NCCCc3csc(N)n3)n2)c1. The van der Waals surface area contributed by atoms with E-state index >= 15 is 0 Å². The molecule has 7 nitrogen and oxygen atoms in total. The summed E-state index contributed by atoms with van der Waals surface area (Å²) in [5, 5.41) is 9.39. The number of carbonyl (C=O) groups is 1. The summed E-state index contributed by atoms with van der Waals surface area (Å²) in [7, 11) is 0. The first kappa shape index (κ1) is 18.1. The fourth-order valence-electron chi connectivity index (χ4n) is 2.50. The van der Waals surface area contributed by atoms with Gasteiger partial charge in [0.15, 0.2) is 5.13 Å². The van der Waals surface area contributed by atoms with Gasteiger partial charge in [-0.25, -0.2) is 4.98 Å². The third-order valence-corrected chi connectivity index (χ3v) is 4.53. The summed E-state index contributed by atoms with van der Waals surface area (Å²) in [6.07, 6.45) is 2.37. The molecule has 2 heterocycles. The molecule has 0 unspecified atom stereocenters. The van der Waals surface area contributed by atoms with Crippen LogP contribution in [0.5, 0.6) is 0 Å². The molecule has 0 saturated carbocycles. The van der Waals surface area contributed by atoms with Gasteiger partial charge in [-0.2, -0.15) is 4.98 Å². The van der Waals surface area contributed by atoms with E-state index in [0.717, 1.165) is 29.7 Å². The summed E-state index contributed by atoms with van der Waals surface area (Å²) in [6, 6.07) is 7.90. The molecule has 8 heteroatoms. The van der Waals surface area contributed by atoms with Crippen LogP contribution in [0.1, 0.15) is 30.0 Å². The van der Waals surface area contributed by atoms with Crippen LogP contribution in [0.15, 0.2) is 34.2 Å². The van der Waals surface area contributed by atoms with Crippen molar-refractivity contribution in [3.63, 3.8) is 0 Å². The number of aryl methyl sites for hydroxylation is 3. The Morgan fingerprint density at radius 2 is 2.19 bits per heavy atom. The van der Waals surface area contributed by atoms with Crippen molar-refractivity contribution in [2.24, 2.45) is 0 Å². The van der Waals surface area contributed by atoms with Gasteiger partial charge < -0.3 is 15.6 Å². The first-order chi connectivity index (χ1) is 12.6. The molecule has 26 heavy (non-hydrogen) atoms. The van der Waals surface area contributed by atoms with Crippen LogP contribution in [0.3, 0.4) is 0 Å². The molecule has 136 valence electrons. The molecule has 1 amide bonds. The van der Waals surface area contributed by atoms with Gasteiger partial charge in [0.05, 0.1) is 5.69 Å². The average Bonchev–Trinajstić information content (AvgIpc) is 3.26. The lowest BCUT2D eigenvalue weighted by molar-refractivity contribution is -0.121. The van der Waals surface area contributed by atoms with E-state index in [0.29, 0.717) is 36.2 Å². The van der Waals surface area contributed by atoms with E-state index in [-0.39, 0.29) is 5.91 Å². The Labute approximate surface area is 155 Å². The zero-order valence-corrected chi connectivity index (χ0v) is 15.4. The van der Waals surface area contributed by atoms with Crippen LogP contribution in [0.2, 0.25) is 0 Å². The zero-order valence-electron chi connectivity index (χ0n) is 14.6. The largest absolute Gasteiger partial charge is 0.375 e. The smallest absolute Gasteiger partial charge is 0.227 e. The highest BCUT2D eigenvalue weighted by atomic mass is 32.1. The van der Waals surface area contributed by atoms with Gasteiger partial charge in [0.25, 0.3) is 0 Å². The van der Waals surface area contributed by atoms with E-state index in [1.165, 1.54) is 11.3 Å². The topological polar surface area (TPSA) is 107 Å². The molecule has 2 aromatic heterocycles. The molecule has 3 N–H and O–H groups in total. The van der Waals surface area contributed by atoms with Gasteiger partial charge in [-0.05, 0) is 25.8 Å². The summed E-state index contributed by atoms with van der Waals surface area (Å²) in [5.41, 5.74) is 8.60. The minimum Gasteiger partial charge on any atom is -0.375 e. The van der Waals surface area contributed by atoms with Crippen LogP contribution in [-0.2, 0) is 17.6 Å². The molecule has 0 bridgehead atoms. The maximum atomic E-state index is 11.9. The Bertz CT molecular complexity index is 874. The molecule has 1 aromatic carbocycles. The molecule has 0 spiro atoms. The number of aromatic nitrogens is 3. The van der Waals surface area contributed by atoms with Crippen molar-refractivity contribution < 1.29 is 9.32 Å². The van der Waals surface area contributed by atoms with E-state index in [4.69, 9.17) is 10.3 Å².